The van der Waals surface area contributed by atoms with Crippen LogP contribution in [0, 0.1) is 11.6 Å². The Labute approximate surface area is 195 Å². The summed E-state index contributed by atoms with van der Waals surface area (Å²) in [4.78, 5) is 17.7. The third kappa shape index (κ3) is 4.75. The summed E-state index contributed by atoms with van der Waals surface area (Å²) in [5, 5.41) is 0.579. The van der Waals surface area contributed by atoms with E-state index in [4.69, 9.17) is 11.6 Å². The molecule has 0 atom stereocenters. The van der Waals surface area contributed by atoms with Crippen LogP contribution in [0.15, 0.2) is 54.7 Å². The minimum Gasteiger partial charge on any atom is -0.288 e. The standard InChI is InChI=1S/C25H20ClF2NO3S/c1-2-11-33(31,32)14-16-5-9-21(27)23(24(16)28)25(30)19-8-10-22-20(19)12-17(13-29-22)15-3-6-18(26)7-4-15/h3-9,12-13H,2,10-11,14H2,1H3. The number of Topliss-reactive ketones (excluding diaryl/α,β-unsaturated/α-hetero) is 1. The van der Waals surface area contributed by atoms with E-state index in [-0.39, 0.29) is 16.9 Å². The molecule has 1 aromatic heterocycles. The highest BCUT2D eigenvalue weighted by atomic mass is 35.5. The van der Waals surface area contributed by atoms with Gasteiger partial charge in [-0.25, -0.2) is 17.2 Å². The monoisotopic (exact) mass is 487 g/mol. The molecule has 0 radical (unpaired) electrons. The Morgan fingerprint density at radius 1 is 1.09 bits per heavy atom. The van der Waals surface area contributed by atoms with Gasteiger partial charge in [-0.3, -0.25) is 9.78 Å². The molecular formula is C25H20ClF2NO3S. The molecule has 0 bridgehead atoms. The van der Waals surface area contributed by atoms with Gasteiger partial charge in [0, 0.05) is 39.9 Å². The summed E-state index contributed by atoms with van der Waals surface area (Å²) in [5.74, 6) is -3.73. The fourth-order valence-corrected chi connectivity index (χ4v) is 5.47. The van der Waals surface area contributed by atoms with Gasteiger partial charge in [-0.05, 0) is 36.2 Å². The smallest absolute Gasteiger partial charge is 0.199 e. The van der Waals surface area contributed by atoms with Crippen LogP contribution in [0.1, 0.15) is 40.5 Å². The molecule has 0 amide bonds. The first-order valence-electron chi connectivity index (χ1n) is 10.4. The minimum absolute atomic E-state index is 0.120. The maximum Gasteiger partial charge on any atom is 0.199 e. The second kappa shape index (κ2) is 9.15. The van der Waals surface area contributed by atoms with E-state index in [2.05, 4.69) is 4.98 Å². The SMILES string of the molecule is CCCS(=O)(=O)Cc1ccc(F)c(C(=O)C2=CCc3ncc(-c4ccc(Cl)cc4)cc32)c1F. The van der Waals surface area contributed by atoms with E-state index in [0.29, 0.717) is 29.1 Å². The van der Waals surface area contributed by atoms with Crippen molar-refractivity contribution in [1.29, 1.82) is 0 Å². The predicted molar refractivity (Wildman–Crippen MR) is 125 cm³/mol. The average molecular weight is 488 g/mol. The number of hydrogen-bond acceptors (Lipinski definition) is 4. The van der Waals surface area contributed by atoms with Crippen LogP contribution in [0.2, 0.25) is 5.02 Å². The molecule has 8 heteroatoms. The van der Waals surface area contributed by atoms with E-state index < -0.39 is 38.6 Å². The van der Waals surface area contributed by atoms with Crippen molar-refractivity contribution in [2.75, 3.05) is 5.75 Å². The van der Waals surface area contributed by atoms with Gasteiger partial charge in [0.2, 0.25) is 0 Å². The van der Waals surface area contributed by atoms with E-state index >= 15 is 4.39 Å². The number of sulfone groups is 1. The first-order valence-corrected chi connectivity index (χ1v) is 12.6. The van der Waals surface area contributed by atoms with Crippen LogP contribution < -0.4 is 0 Å². The lowest BCUT2D eigenvalue weighted by Crippen LogP contribution is -2.14. The molecule has 0 spiro atoms. The van der Waals surface area contributed by atoms with Crippen LogP contribution >= 0.6 is 11.6 Å². The molecule has 33 heavy (non-hydrogen) atoms. The van der Waals surface area contributed by atoms with Gasteiger partial charge < -0.3 is 0 Å². The molecule has 0 saturated heterocycles. The fraction of sp³-hybridized carbons (Fsp3) is 0.200. The van der Waals surface area contributed by atoms with Crippen molar-refractivity contribution in [3.63, 3.8) is 0 Å². The molecule has 0 unspecified atom stereocenters. The van der Waals surface area contributed by atoms with E-state index in [9.17, 15) is 17.6 Å². The van der Waals surface area contributed by atoms with E-state index in [1.807, 2.05) is 12.1 Å². The Bertz CT molecular complexity index is 1380. The number of carbonyl (C=O) groups excluding carboxylic acids is 1. The number of allylic oxidation sites excluding steroid dienone is 2. The molecule has 1 aliphatic rings. The number of fused-ring (bicyclic) bond motifs is 1. The molecule has 170 valence electrons. The number of benzene rings is 2. The second-order valence-electron chi connectivity index (χ2n) is 7.86. The van der Waals surface area contributed by atoms with Crippen LogP contribution in [-0.2, 0) is 22.0 Å². The number of pyridine rings is 1. The predicted octanol–water partition coefficient (Wildman–Crippen LogP) is 5.83. The number of hydrogen-bond donors (Lipinski definition) is 0. The van der Waals surface area contributed by atoms with Crippen molar-refractivity contribution in [1.82, 2.24) is 4.98 Å². The largest absolute Gasteiger partial charge is 0.288 e. The Morgan fingerprint density at radius 3 is 2.52 bits per heavy atom. The molecule has 1 heterocycles. The van der Waals surface area contributed by atoms with Gasteiger partial charge in [-0.15, -0.1) is 0 Å². The van der Waals surface area contributed by atoms with Crippen LogP contribution in [0.25, 0.3) is 16.7 Å². The third-order valence-electron chi connectivity index (χ3n) is 5.47. The normalized spacial score (nSPS) is 13.0. The Kier molecular flexibility index (Phi) is 6.45. The summed E-state index contributed by atoms with van der Waals surface area (Å²) in [6, 6.07) is 10.9. The molecule has 4 nitrogen and oxygen atoms in total. The lowest BCUT2D eigenvalue weighted by atomic mass is 9.95. The first-order chi connectivity index (χ1) is 15.7. The molecule has 0 saturated carbocycles. The molecule has 0 fully saturated rings. The third-order valence-corrected chi connectivity index (χ3v) is 7.50. The molecular weight excluding hydrogens is 468 g/mol. The quantitative estimate of drug-likeness (QED) is 0.393. The molecule has 0 aliphatic heterocycles. The summed E-state index contributed by atoms with van der Waals surface area (Å²) in [6.45, 7) is 1.70. The van der Waals surface area contributed by atoms with Gasteiger partial charge in [-0.2, -0.15) is 0 Å². The maximum absolute atomic E-state index is 15.2. The van der Waals surface area contributed by atoms with Crippen LogP contribution in [-0.4, -0.2) is 24.9 Å². The zero-order valence-corrected chi connectivity index (χ0v) is 19.3. The fourth-order valence-electron chi connectivity index (χ4n) is 3.88. The van der Waals surface area contributed by atoms with Gasteiger partial charge in [0.1, 0.15) is 11.6 Å². The van der Waals surface area contributed by atoms with Crippen molar-refractivity contribution < 1.29 is 22.0 Å². The summed E-state index contributed by atoms with van der Waals surface area (Å²) in [5.41, 5.74) is 1.84. The zero-order valence-electron chi connectivity index (χ0n) is 17.7. The van der Waals surface area contributed by atoms with Crippen molar-refractivity contribution in [3.8, 4) is 11.1 Å². The zero-order chi connectivity index (χ0) is 23.8. The lowest BCUT2D eigenvalue weighted by molar-refractivity contribution is 0.104. The van der Waals surface area contributed by atoms with E-state index in [1.165, 1.54) is 0 Å². The molecule has 1 aliphatic carbocycles. The summed E-state index contributed by atoms with van der Waals surface area (Å²) in [7, 11) is -3.58. The second-order valence-corrected chi connectivity index (χ2v) is 10.5. The molecule has 0 N–H and O–H groups in total. The number of carbonyl (C=O) groups is 1. The summed E-state index contributed by atoms with van der Waals surface area (Å²) < 4.78 is 54.1. The Balaban J connectivity index is 1.71. The number of rotatable bonds is 7. The summed E-state index contributed by atoms with van der Waals surface area (Å²) in [6.07, 6.45) is 3.99. The number of halogens is 3. The van der Waals surface area contributed by atoms with Crippen molar-refractivity contribution in [3.05, 3.63) is 93.8 Å². The van der Waals surface area contributed by atoms with Crippen LogP contribution in [0.4, 0.5) is 8.78 Å². The first kappa shape index (κ1) is 23.3. The van der Waals surface area contributed by atoms with Gasteiger partial charge in [0.25, 0.3) is 0 Å². The summed E-state index contributed by atoms with van der Waals surface area (Å²) >= 11 is 5.95. The van der Waals surface area contributed by atoms with E-state index in [0.717, 1.165) is 23.3 Å². The number of aromatic nitrogens is 1. The van der Waals surface area contributed by atoms with Crippen LogP contribution in [0.3, 0.4) is 0 Å². The Hall–Kier alpha value is -2.90. The highest BCUT2D eigenvalue weighted by molar-refractivity contribution is 7.90. The van der Waals surface area contributed by atoms with Crippen molar-refractivity contribution in [2.45, 2.75) is 25.5 Å². The van der Waals surface area contributed by atoms with Gasteiger partial charge in [0.05, 0.1) is 22.8 Å². The lowest BCUT2D eigenvalue weighted by Gasteiger charge is -2.12. The Morgan fingerprint density at radius 2 is 1.82 bits per heavy atom. The number of nitrogens with zero attached hydrogens (tertiary/aromatic N) is 1. The minimum atomic E-state index is -3.58. The van der Waals surface area contributed by atoms with Crippen LogP contribution in [0.5, 0.6) is 0 Å². The number of ketones is 1. The topological polar surface area (TPSA) is 64.1 Å². The molecule has 2 aromatic carbocycles. The van der Waals surface area contributed by atoms with Crippen molar-refractivity contribution in [2.24, 2.45) is 0 Å². The maximum atomic E-state index is 15.2. The molecule has 3 aromatic rings. The molecule has 4 rings (SSSR count). The highest BCUT2D eigenvalue weighted by Gasteiger charge is 2.29. The van der Waals surface area contributed by atoms with Gasteiger partial charge >= 0.3 is 0 Å². The van der Waals surface area contributed by atoms with Gasteiger partial charge in [-0.1, -0.05) is 42.8 Å². The van der Waals surface area contributed by atoms with Gasteiger partial charge in [0.15, 0.2) is 15.6 Å². The van der Waals surface area contributed by atoms with Crippen molar-refractivity contribution >= 4 is 32.8 Å². The average Bonchev–Trinajstić information content (AvgIpc) is 3.19. The highest BCUT2D eigenvalue weighted by Crippen LogP contribution is 2.34. The van der Waals surface area contributed by atoms with E-state index in [1.54, 1.807) is 37.4 Å².